The van der Waals surface area contributed by atoms with E-state index in [4.69, 9.17) is 0 Å². The molecule has 0 aliphatic carbocycles. The monoisotopic (exact) mass is 596 g/mol. The van der Waals surface area contributed by atoms with Gasteiger partial charge in [-0.05, 0) is 23.3 Å². The van der Waals surface area contributed by atoms with Crippen molar-refractivity contribution in [3.8, 4) is 0 Å². The SMILES string of the molecule is C[Si](C)(c1ccc(C=Cc2c(F)c(F)c(F)c(F)c2F)cc1)c1ccc(C=Cc2c(F)c(F)c(F)c(F)c2F)cc1. The largest absolute Gasteiger partial charge is 0.203 e. The van der Waals surface area contributed by atoms with Gasteiger partial charge in [-0.3, -0.25) is 0 Å². The van der Waals surface area contributed by atoms with Gasteiger partial charge in [0.25, 0.3) is 0 Å². The van der Waals surface area contributed by atoms with Crippen LogP contribution >= 0.6 is 0 Å². The van der Waals surface area contributed by atoms with Crippen molar-refractivity contribution >= 4 is 42.8 Å². The lowest BCUT2D eigenvalue weighted by molar-refractivity contribution is 0.377. The number of rotatable bonds is 6. The summed E-state index contributed by atoms with van der Waals surface area (Å²) in [5, 5.41) is 1.85. The van der Waals surface area contributed by atoms with Gasteiger partial charge in [0, 0.05) is 0 Å². The molecule has 0 nitrogen and oxygen atoms in total. The van der Waals surface area contributed by atoms with Gasteiger partial charge in [-0.1, -0.05) is 84.2 Å². The van der Waals surface area contributed by atoms with Gasteiger partial charge in [-0.15, -0.1) is 0 Å². The standard InChI is InChI=1S/C30H18F10Si/c1-41(2,17-9-3-15(4-10-17)7-13-19-21(31)25(35)29(39)26(36)22(19)32)18-11-5-16(6-12-18)8-14-20-23(33)27(37)30(40)28(38)24(20)34/h3-14H,1-2H3. The fraction of sp³-hybridized carbons (Fsp3) is 0.0667. The van der Waals surface area contributed by atoms with E-state index in [-0.39, 0.29) is 0 Å². The number of hydrogen-bond acceptors (Lipinski definition) is 0. The second-order valence-electron chi connectivity index (χ2n) is 9.50. The quantitative estimate of drug-likeness (QED) is 0.0692. The van der Waals surface area contributed by atoms with Crippen molar-refractivity contribution in [3.63, 3.8) is 0 Å². The Morgan fingerprint density at radius 1 is 0.366 bits per heavy atom. The topological polar surface area (TPSA) is 0 Å². The normalized spacial score (nSPS) is 12.2. The van der Waals surface area contributed by atoms with E-state index in [0.717, 1.165) is 22.5 Å². The lowest BCUT2D eigenvalue weighted by Crippen LogP contribution is -2.52. The van der Waals surface area contributed by atoms with E-state index in [0.29, 0.717) is 11.1 Å². The molecule has 0 spiro atoms. The van der Waals surface area contributed by atoms with Crippen molar-refractivity contribution in [1.82, 2.24) is 0 Å². The molecular formula is C30H18F10Si. The van der Waals surface area contributed by atoms with Crippen molar-refractivity contribution in [2.24, 2.45) is 0 Å². The maximum Gasteiger partial charge on any atom is 0.200 e. The molecule has 4 aromatic carbocycles. The Bertz CT molecular complexity index is 1510. The van der Waals surface area contributed by atoms with Crippen LogP contribution < -0.4 is 10.4 Å². The number of hydrogen-bond donors (Lipinski definition) is 0. The summed E-state index contributed by atoms with van der Waals surface area (Å²) in [4.78, 5) is 0. The third kappa shape index (κ3) is 5.58. The highest BCUT2D eigenvalue weighted by molar-refractivity contribution is 7.00. The molecule has 0 bridgehead atoms. The van der Waals surface area contributed by atoms with Crippen LogP contribution in [-0.2, 0) is 0 Å². The molecule has 0 unspecified atom stereocenters. The van der Waals surface area contributed by atoms with E-state index in [2.05, 4.69) is 0 Å². The molecule has 0 saturated heterocycles. The van der Waals surface area contributed by atoms with E-state index in [9.17, 15) is 43.9 Å². The minimum atomic E-state index is -2.32. The highest BCUT2D eigenvalue weighted by Crippen LogP contribution is 2.26. The van der Waals surface area contributed by atoms with Crippen molar-refractivity contribution in [3.05, 3.63) is 129 Å². The first-order chi connectivity index (χ1) is 19.2. The lowest BCUT2D eigenvalue weighted by Gasteiger charge is -2.24. The minimum absolute atomic E-state index is 0.441. The summed E-state index contributed by atoms with van der Waals surface area (Å²) in [7, 11) is -2.32. The number of halogens is 10. The van der Waals surface area contributed by atoms with Crippen LogP contribution in [0.25, 0.3) is 24.3 Å². The average Bonchev–Trinajstić information content (AvgIpc) is 2.97. The third-order valence-corrected chi connectivity index (χ3v) is 10.2. The molecule has 0 aromatic heterocycles. The first kappa shape index (κ1) is 29.8. The zero-order valence-electron chi connectivity index (χ0n) is 21.2. The first-order valence-corrected chi connectivity index (χ1v) is 14.9. The molecule has 0 atom stereocenters. The Balaban J connectivity index is 1.54. The van der Waals surface area contributed by atoms with Crippen LogP contribution in [0.2, 0.25) is 13.1 Å². The van der Waals surface area contributed by atoms with E-state index >= 15 is 0 Å². The molecule has 0 radical (unpaired) electrons. The molecule has 0 saturated carbocycles. The second-order valence-corrected chi connectivity index (χ2v) is 13.9. The van der Waals surface area contributed by atoms with Crippen molar-refractivity contribution < 1.29 is 43.9 Å². The van der Waals surface area contributed by atoms with Crippen LogP contribution in [0.4, 0.5) is 43.9 Å². The smallest absolute Gasteiger partial charge is 0.200 e. The van der Waals surface area contributed by atoms with E-state index in [1.807, 2.05) is 13.1 Å². The predicted octanol–water partition coefficient (Wildman–Crippen LogP) is 8.24. The summed E-state index contributed by atoms with van der Waals surface area (Å²) in [6.07, 6.45) is 4.02. The van der Waals surface area contributed by atoms with Gasteiger partial charge in [-0.2, -0.15) is 0 Å². The third-order valence-electron chi connectivity index (χ3n) is 6.64. The number of benzene rings is 4. The van der Waals surface area contributed by atoms with Crippen molar-refractivity contribution in [1.29, 1.82) is 0 Å². The zero-order valence-corrected chi connectivity index (χ0v) is 22.2. The lowest BCUT2D eigenvalue weighted by atomic mass is 10.1. The van der Waals surface area contributed by atoms with E-state index in [1.165, 1.54) is 12.2 Å². The van der Waals surface area contributed by atoms with Crippen LogP contribution in [0.3, 0.4) is 0 Å². The molecule has 4 rings (SSSR count). The van der Waals surface area contributed by atoms with Crippen LogP contribution in [0.1, 0.15) is 22.3 Å². The molecule has 0 aliphatic heterocycles. The molecule has 0 heterocycles. The molecule has 0 amide bonds. The van der Waals surface area contributed by atoms with Gasteiger partial charge in [0.05, 0.1) is 11.1 Å². The van der Waals surface area contributed by atoms with Gasteiger partial charge in [0.1, 0.15) is 8.07 Å². The predicted molar refractivity (Wildman–Crippen MR) is 140 cm³/mol. The van der Waals surface area contributed by atoms with Gasteiger partial charge in [-0.25, -0.2) is 43.9 Å². The van der Waals surface area contributed by atoms with Gasteiger partial charge in [0.2, 0.25) is 11.6 Å². The van der Waals surface area contributed by atoms with Crippen molar-refractivity contribution in [2.45, 2.75) is 13.1 Å². The van der Waals surface area contributed by atoms with Crippen molar-refractivity contribution in [2.75, 3.05) is 0 Å². The van der Waals surface area contributed by atoms with E-state index < -0.39 is 77.4 Å². The molecule has 11 heteroatoms. The Labute approximate surface area is 228 Å². The minimum Gasteiger partial charge on any atom is -0.203 e. The fourth-order valence-corrected chi connectivity index (χ4v) is 6.42. The van der Waals surface area contributed by atoms with Crippen LogP contribution in [0.15, 0.2) is 48.5 Å². The first-order valence-electron chi connectivity index (χ1n) is 11.9. The zero-order chi connectivity index (χ0) is 30.2. The molecule has 4 aromatic rings. The highest BCUT2D eigenvalue weighted by Gasteiger charge is 2.27. The summed E-state index contributed by atoms with van der Waals surface area (Å²) in [6.45, 7) is 4.04. The average molecular weight is 597 g/mol. The fourth-order valence-electron chi connectivity index (χ4n) is 4.08. The summed E-state index contributed by atoms with van der Waals surface area (Å²) < 4.78 is 136. The Morgan fingerprint density at radius 3 is 0.878 bits per heavy atom. The molecular weight excluding hydrogens is 578 g/mol. The Hall–Kier alpha value is -4.12. The second kappa shape index (κ2) is 11.4. The van der Waals surface area contributed by atoms with Gasteiger partial charge in [0.15, 0.2) is 46.5 Å². The molecule has 0 aliphatic rings. The van der Waals surface area contributed by atoms with Crippen LogP contribution in [-0.4, -0.2) is 8.07 Å². The Kier molecular flexibility index (Phi) is 8.30. The molecule has 41 heavy (non-hydrogen) atoms. The van der Waals surface area contributed by atoms with Gasteiger partial charge >= 0.3 is 0 Å². The summed E-state index contributed by atoms with van der Waals surface area (Å²) in [6, 6.07) is 13.5. The summed E-state index contributed by atoms with van der Waals surface area (Å²) >= 11 is 0. The molecule has 0 fully saturated rings. The molecule has 212 valence electrons. The van der Waals surface area contributed by atoms with Crippen LogP contribution in [0.5, 0.6) is 0 Å². The summed E-state index contributed by atoms with van der Waals surface area (Å²) in [5.41, 5.74) is -1.24. The summed E-state index contributed by atoms with van der Waals surface area (Å²) in [5.74, 6) is -20.4. The van der Waals surface area contributed by atoms with Crippen LogP contribution in [0, 0.1) is 58.2 Å². The van der Waals surface area contributed by atoms with E-state index in [1.54, 1.807) is 48.5 Å². The highest BCUT2D eigenvalue weighted by atomic mass is 28.3. The van der Waals surface area contributed by atoms with Gasteiger partial charge < -0.3 is 0 Å². The maximum atomic E-state index is 13.9. The maximum absolute atomic E-state index is 13.9. The molecule has 0 N–H and O–H groups in total. The Morgan fingerprint density at radius 2 is 0.610 bits per heavy atom.